The molecule has 1 fully saturated rings. The van der Waals surface area contributed by atoms with E-state index in [1.165, 1.54) is 31.1 Å². The van der Waals surface area contributed by atoms with Crippen molar-refractivity contribution in [1.29, 1.82) is 5.26 Å². The molecule has 3 rings (SSSR count). The van der Waals surface area contributed by atoms with Crippen molar-refractivity contribution in [2.45, 2.75) is 44.6 Å². The van der Waals surface area contributed by atoms with E-state index in [1.54, 1.807) is 18.3 Å². The van der Waals surface area contributed by atoms with Crippen LogP contribution in [-0.2, 0) is 4.79 Å². The van der Waals surface area contributed by atoms with Crippen LogP contribution < -0.4 is 5.32 Å². The summed E-state index contributed by atoms with van der Waals surface area (Å²) < 4.78 is 13.1. The highest BCUT2D eigenvalue weighted by Crippen LogP contribution is 2.24. The Labute approximate surface area is 151 Å². The van der Waals surface area contributed by atoms with Gasteiger partial charge in [-0.15, -0.1) is 0 Å². The molecule has 5 nitrogen and oxygen atoms in total. The molecule has 2 aromatic rings. The van der Waals surface area contributed by atoms with Gasteiger partial charge in [-0.2, -0.15) is 10.4 Å². The molecule has 0 spiro atoms. The highest BCUT2D eigenvalue weighted by atomic mass is 19.1. The first-order valence-electron chi connectivity index (χ1n) is 8.89. The first-order chi connectivity index (χ1) is 12.7. The van der Waals surface area contributed by atoms with Gasteiger partial charge in [0.15, 0.2) is 0 Å². The third-order valence-electron chi connectivity index (χ3n) is 4.66. The second kappa shape index (κ2) is 8.43. The fraction of sp³-hybridized carbons (Fsp3) is 0.350. The fourth-order valence-corrected chi connectivity index (χ4v) is 3.24. The average Bonchev–Trinajstić information content (AvgIpc) is 2.95. The van der Waals surface area contributed by atoms with Crippen LogP contribution >= 0.6 is 0 Å². The molecule has 1 aliphatic carbocycles. The van der Waals surface area contributed by atoms with Crippen molar-refractivity contribution in [3.8, 4) is 17.3 Å². The summed E-state index contributed by atoms with van der Waals surface area (Å²) in [4.78, 5) is 12.5. The number of amides is 1. The van der Waals surface area contributed by atoms with E-state index in [1.807, 2.05) is 6.07 Å². The van der Waals surface area contributed by atoms with E-state index in [9.17, 15) is 14.4 Å². The summed E-state index contributed by atoms with van der Waals surface area (Å²) in [6.45, 7) is 0. The number of H-pyrrole nitrogens is 1. The second-order valence-corrected chi connectivity index (χ2v) is 6.54. The van der Waals surface area contributed by atoms with Crippen LogP contribution in [0.3, 0.4) is 0 Å². The Morgan fingerprint density at radius 1 is 1.23 bits per heavy atom. The smallest absolute Gasteiger partial charge is 0.262 e. The molecule has 1 saturated carbocycles. The molecular formula is C20H21FN4O. The zero-order chi connectivity index (χ0) is 18.4. The van der Waals surface area contributed by atoms with Crippen LogP contribution in [0.4, 0.5) is 4.39 Å². The summed E-state index contributed by atoms with van der Waals surface area (Å²) in [6, 6.07) is 8.06. The molecule has 1 heterocycles. The lowest BCUT2D eigenvalue weighted by molar-refractivity contribution is -0.117. The third-order valence-corrected chi connectivity index (χ3v) is 4.66. The quantitative estimate of drug-likeness (QED) is 0.496. The Bertz CT molecular complexity index is 824. The second-order valence-electron chi connectivity index (χ2n) is 6.54. The number of nitrogens with zero attached hydrogens (tertiary/aromatic N) is 2. The molecule has 2 N–H and O–H groups in total. The summed E-state index contributed by atoms with van der Waals surface area (Å²) in [6.07, 6.45) is 9.59. The van der Waals surface area contributed by atoms with Gasteiger partial charge >= 0.3 is 0 Å². The SMILES string of the molecule is N#C/C(=C/c1cn[nH]c1-c1ccc(F)cc1)C(=O)NC1CCCCCC1. The molecular weight excluding hydrogens is 331 g/mol. The van der Waals surface area contributed by atoms with Crippen molar-refractivity contribution in [3.05, 3.63) is 47.4 Å². The van der Waals surface area contributed by atoms with Crippen molar-refractivity contribution in [2.24, 2.45) is 0 Å². The lowest BCUT2D eigenvalue weighted by Crippen LogP contribution is -2.35. The lowest BCUT2D eigenvalue weighted by atomic mass is 10.0. The van der Waals surface area contributed by atoms with E-state index < -0.39 is 0 Å². The van der Waals surface area contributed by atoms with Crippen LogP contribution in [0.2, 0.25) is 0 Å². The average molecular weight is 352 g/mol. The number of nitriles is 1. The standard InChI is InChI=1S/C20H21FN4O/c21-17-9-7-14(8-10-17)19-16(13-23-25-19)11-15(12-22)20(26)24-18-5-3-1-2-4-6-18/h7-11,13,18H,1-6H2,(H,23,25)(H,24,26)/b15-11-. The van der Waals surface area contributed by atoms with Crippen LogP contribution in [0.1, 0.15) is 44.1 Å². The van der Waals surface area contributed by atoms with Gasteiger partial charge in [0.2, 0.25) is 0 Å². The molecule has 0 radical (unpaired) electrons. The minimum absolute atomic E-state index is 0.0407. The molecule has 0 bridgehead atoms. The maximum absolute atomic E-state index is 13.1. The number of nitrogens with one attached hydrogen (secondary N) is 2. The van der Waals surface area contributed by atoms with E-state index in [0.717, 1.165) is 31.2 Å². The van der Waals surface area contributed by atoms with Crippen molar-refractivity contribution in [1.82, 2.24) is 15.5 Å². The molecule has 1 aromatic heterocycles. The van der Waals surface area contributed by atoms with Crippen LogP contribution in [0.25, 0.3) is 17.3 Å². The summed E-state index contributed by atoms with van der Waals surface area (Å²) in [5.74, 6) is -0.684. The van der Waals surface area contributed by atoms with Gasteiger partial charge in [0.05, 0.1) is 11.9 Å². The van der Waals surface area contributed by atoms with Gasteiger partial charge in [-0.05, 0) is 43.2 Å². The molecule has 1 amide bonds. The molecule has 0 atom stereocenters. The van der Waals surface area contributed by atoms with Crippen LogP contribution in [0, 0.1) is 17.1 Å². The number of benzene rings is 1. The number of carbonyl (C=O) groups is 1. The Kier molecular flexibility index (Phi) is 5.80. The van der Waals surface area contributed by atoms with Crippen LogP contribution in [0.5, 0.6) is 0 Å². The number of hydrogen-bond donors (Lipinski definition) is 2. The number of hydrogen-bond acceptors (Lipinski definition) is 3. The van der Waals surface area contributed by atoms with Gasteiger partial charge in [0.25, 0.3) is 5.91 Å². The lowest BCUT2D eigenvalue weighted by Gasteiger charge is -2.15. The van der Waals surface area contributed by atoms with Gasteiger partial charge in [-0.1, -0.05) is 25.7 Å². The number of carbonyl (C=O) groups excluding carboxylic acids is 1. The largest absolute Gasteiger partial charge is 0.349 e. The molecule has 1 aromatic carbocycles. The number of aromatic nitrogens is 2. The van der Waals surface area contributed by atoms with E-state index in [0.29, 0.717) is 11.3 Å². The Hall–Kier alpha value is -2.94. The number of rotatable bonds is 4. The highest BCUT2D eigenvalue weighted by Gasteiger charge is 2.18. The Balaban J connectivity index is 1.79. The number of aromatic amines is 1. The Morgan fingerprint density at radius 2 is 1.92 bits per heavy atom. The minimum Gasteiger partial charge on any atom is -0.349 e. The molecule has 134 valence electrons. The first kappa shape index (κ1) is 17.9. The van der Waals surface area contributed by atoms with Gasteiger partial charge in [-0.25, -0.2) is 4.39 Å². The first-order valence-corrected chi connectivity index (χ1v) is 8.89. The predicted molar refractivity (Wildman–Crippen MR) is 97.2 cm³/mol. The van der Waals surface area contributed by atoms with E-state index in [-0.39, 0.29) is 23.3 Å². The fourth-order valence-electron chi connectivity index (χ4n) is 3.24. The van der Waals surface area contributed by atoms with Crippen LogP contribution in [0.15, 0.2) is 36.0 Å². The monoisotopic (exact) mass is 352 g/mol. The summed E-state index contributed by atoms with van der Waals surface area (Å²) in [5, 5.41) is 19.2. The molecule has 0 aliphatic heterocycles. The highest BCUT2D eigenvalue weighted by molar-refractivity contribution is 6.02. The van der Waals surface area contributed by atoms with E-state index in [4.69, 9.17) is 0 Å². The maximum atomic E-state index is 13.1. The zero-order valence-electron chi connectivity index (χ0n) is 14.5. The number of halogens is 1. The van der Waals surface area contributed by atoms with Gasteiger partial charge in [0.1, 0.15) is 17.5 Å². The van der Waals surface area contributed by atoms with Gasteiger partial charge in [-0.3, -0.25) is 9.89 Å². The van der Waals surface area contributed by atoms with Crippen LogP contribution in [-0.4, -0.2) is 22.1 Å². The zero-order valence-corrected chi connectivity index (χ0v) is 14.5. The van der Waals surface area contributed by atoms with Crippen molar-refractivity contribution in [3.63, 3.8) is 0 Å². The van der Waals surface area contributed by atoms with Crippen molar-refractivity contribution in [2.75, 3.05) is 0 Å². The molecule has 26 heavy (non-hydrogen) atoms. The van der Waals surface area contributed by atoms with Crippen molar-refractivity contribution < 1.29 is 9.18 Å². The maximum Gasteiger partial charge on any atom is 0.262 e. The minimum atomic E-state index is -0.356. The normalized spacial score (nSPS) is 15.9. The molecule has 0 saturated heterocycles. The molecule has 1 aliphatic rings. The summed E-state index contributed by atoms with van der Waals surface area (Å²) in [7, 11) is 0. The molecule has 6 heteroatoms. The Morgan fingerprint density at radius 3 is 2.58 bits per heavy atom. The topological polar surface area (TPSA) is 81.6 Å². The molecule has 0 unspecified atom stereocenters. The van der Waals surface area contributed by atoms with E-state index in [2.05, 4.69) is 15.5 Å². The van der Waals surface area contributed by atoms with Gasteiger partial charge in [0, 0.05) is 17.2 Å². The summed E-state index contributed by atoms with van der Waals surface area (Å²) in [5.41, 5.74) is 2.03. The third kappa shape index (κ3) is 4.37. The van der Waals surface area contributed by atoms with Crippen molar-refractivity contribution >= 4 is 12.0 Å². The predicted octanol–water partition coefficient (Wildman–Crippen LogP) is 3.96. The van der Waals surface area contributed by atoms with E-state index >= 15 is 0 Å². The van der Waals surface area contributed by atoms with Gasteiger partial charge < -0.3 is 5.32 Å². The summed E-state index contributed by atoms with van der Waals surface area (Å²) >= 11 is 0.